The highest BCUT2D eigenvalue weighted by atomic mass is 16.3. The second-order valence-corrected chi connectivity index (χ2v) is 7.69. The van der Waals surface area contributed by atoms with Crippen molar-refractivity contribution in [2.24, 2.45) is 0 Å². The zero-order valence-corrected chi connectivity index (χ0v) is 15.5. The van der Waals surface area contributed by atoms with Crippen LogP contribution in [0.1, 0.15) is 48.9 Å². The van der Waals surface area contributed by atoms with Crippen molar-refractivity contribution in [3.63, 3.8) is 0 Å². The number of benzene rings is 2. The molecule has 2 N–H and O–H groups in total. The lowest BCUT2D eigenvalue weighted by molar-refractivity contribution is 0.242. The number of aromatic amines is 1. The summed E-state index contributed by atoms with van der Waals surface area (Å²) in [4.78, 5) is 15.5. The predicted molar refractivity (Wildman–Crippen MR) is 107 cm³/mol. The normalized spacial score (nSPS) is 16.3. The third-order valence-corrected chi connectivity index (χ3v) is 5.91. The molecule has 1 aliphatic rings. The molecule has 1 aliphatic carbocycles. The second kappa shape index (κ2) is 7.47. The number of imidazole rings is 1. The van der Waals surface area contributed by atoms with E-state index in [0.717, 1.165) is 31.2 Å². The van der Waals surface area contributed by atoms with E-state index >= 15 is 0 Å². The highest BCUT2D eigenvalue weighted by Crippen LogP contribution is 2.41. The summed E-state index contributed by atoms with van der Waals surface area (Å²) in [5, 5.41) is 10.8. The molecule has 0 saturated heterocycles. The maximum atomic E-state index is 12.6. The molecule has 140 valence electrons. The third kappa shape index (κ3) is 3.57. The molecule has 4 rings (SSSR count). The van der Waals surface area contributed by atoms with Gasteiger partial charge in [0.05, 0.1) is 5.69 Å². The SMILES string of the molecule is O=c1[nH]c(Cc2ccccc2)c(O)n1CC1(c2ccccc2)CCCCC1. The smallest absolute Gasteiger partial charge is 0.328 e. The van der Waals surface area contributed by atoms with E-state index in [4.69, 9.17) is 0 Å². The first-order valence-corrected chi connectivity index (χ1v) is 9.78. The molecule has 4 nitrogen and oxygen atoms in total. The van der Waals surface area contributed by atoms with Gasteiger partial charge in [0.15, 0.2) is 0 Å². The van der Waals surface area contributed by atoms with Gasteiger partial charge in [-0.3, -0.25) is 4.57 Å². The summed E-state index contributed by atoms with van der Waals surface area (Å²) in [6, 6.07) is 20.4. The maximum Gasteiger partial charge on any atom is 0.328 e. The number of hydrogen-bond donors (Lipinski definition) is 2. The number of nitrogens with one attached hydrogen (secondary N) is 1. The number of H-pyrrole nitrogens is 1. The summed E-state index contributed by atoms with van der Waals surface area (Å²) in [6.07, 6.45) is 6.16. The lowest BCUT2D eigenvalue weighted by Crippen LogP contribution is -2.37. The highest BCUT2D eigenvalue weighted by Gasteiger charge is 2.35. The standard InChI is InChI=1S/C23H26N2O2/c26-21-20(16-18-10-4-1-5-11-18)24-22(27)25(21)17-23(14-8-3-9-15-23)19-12-6-2-7-13-19/h1-2,4-7,10-13,26H,3,8-9,14-17H2,(H,24,27). The van der Waals surface area contributed by atoms with E-state index < -0.39 is 0 Å². The number of rotatable bonds is 5. The Morgan fingerprint density at radius 3 is 2.22 bits per heavy atom. The quantitative estimate of drug-likeness (QED) is 0.708. The van der Waals surface area contributed by atoms with Crippen LogP contribution in [0.3, 0.4) is 0 Å². The minimum atomic E-state index is -0.223. The molecule has 0 radical (unpaired) electrons. The predicted octanol–water partition coefficient (Wildman–Crippen LogP) is 4.37. The van der Waals surface area contributed by atoms with Crippen molar-refractivity contribution in [3.05, 3.63) is 88.0 Å². The summed E-state index contributed by atoms with van der Waals surface area (Å²) >= 11 is 0. The molecule has 0 spiro atoms. The van der Waals surface area contributed by atoms with Crippen LogP contribution < -0.4 is 5.69 Å². The molecular formula is C23H26N2O2. The molecule has 0 bridgehead atoms. The monoisotopic (exact) mass is 362 g/mol. The third-order valence-electron chi connectivity index (χ3n) is 5.91. The summed E-state index contributed by atoms with van der Waals surface area (Å²) < 4.78 is 1.54. The molecule has 1 heterocycles. The molecule has 1 saturated carbocycles. The van der Waals surface area contributed by atoms with Crippen LogP contribution in [0.2, 0.25) is 0 Å². The van der Waals surface area contributed by atoms with Crippen LogP contribution in [0.4, 0.5) is 0 Å². The summed E-state index contributed by atoms with van der Waals surface area (Å²) in [5.74, 6) is 0.0738. The molecule has 1 aromatic heterocycles. The van der Waals surface area contributed by atoms with Crippen molar-refractivity contribution in [3.8, 4) is 5.88 Å². The van der Waals surface area contributed by atoms with Crippen LogP contribution in [0.15, 0.2) is 65.5 Å². The number of aromatic hydroxyl groups is 1. The van der Waals surface area contributed by atoms with Crippen molar-refractivity contribution >= 4 is 0 Å². The Labute approximate surface area is 159 Å². The molecule has 2 aromatic carbocycles. The van der Waals surface area contributed by atoms with Crippen LogP contribution in [-0.2, 0) is 18.4 Å². The summed E-state index contributed by atoms with van der Waals surface area (Å²) in [5.41, 5.74) is 2.61. The molecule has 4 heteroatoms. The van der Waals surface area contributed by atoms with Gasteiger partial charge in [-0.05, 0) is 24.0 Å². The van der Waals surface area contributed by atoms with E-state index in [1.165, 1.54) is 16.6 Å². The fraction of sp³-hybridized carbons (Fsp3) is 0.348. The van der Waals surface area contributed by atoms with E-state index in [0.29, 0.717) is 18.7 Å². The lowest BCUT2D eigenvalue weighted by atomic mass is 9.69. The largest absolute Gasteiger partial charge is 0.493 e. The number of hydrogen-bond acceptors (Lipinski definition) is 2. The summed E-state index contributed by atoms with van der Waals surface area (Å²) in [7, 11) is 0. The molecule has 27 heavy (non-hydrogen) atoms. The lowest BCUT2D eigenvalue weighted by Gasteiger charge is -2.38. The molecule has 1 fully saturated rings. The van der Waals surface area contributed by atoms with Crippen molar-refractivity contribution in [2.45, 2.75) is 50.5 Å². The first-order valence-electron chi connectivity index (χ1n) is 9.78. The fourth-order valence-corrected chi connectivity index (χ4v) is 4.44. The van der Waals surface area contributed by atoms with Crippen molar-refractivity contribution < 1.29 is 5.11 Å². The highest BCUT2D eigenvalue weighted by molar-refractivity contribution is 5.30. The number of aromatic nitrogens is 2. The van der Waals surface area contributed by atoms with Crippen LogP contribution in [0.5, 0.6) is 5.88 Å². The van der Waals surface area contributed by atoms with E-state index in [2.05, 4.69) is 29.2 Å². The Morgan fingerprint density at radius 2 is 1.56 bits per heavy atom. The zero-order chi connectivity index (χ0) is 18.7. The van der Waals surface area contributed by atoms with Gasteiger partial charge in [-0.25, -0.2) is 4.79 Å². The van der Waals surface area contributed by atoms with Crippen LogP contribution in [0, 0.1) is 0 Å². The number of nitrogens with zero attached hydrogens (tertiary/aromatic N) is 1. The van der Waals surface area contributed by atoms with E-state index in [-0.39, 0.29) is 17.0 Å². The average molecular weight is 362 g/mol. The average Bonchev–Trinajstić information content (AvgIpc) is 2.97. The maximum absolute atomic E-state index is 12.6. The minimum Gasteiger partial charge on any atom is -0.493 e. The van der Waals surface area contributed by atoms with Gasteiger partial charge >= 0.3 is 5.69 Å². The van der Waals surface area contributed by atoms with Crippen LogP contribution in [0.25, 0.3) is 0 Å². The van der Waals surface area contributed by atoms with Gasteiger partial charge in [0.1, 0.15) is 0 Å². The van der Waals surface area contributed by atoms with Gasteiger partial charge in [-0.15, -0.1) is 0 Å². The first-order chi connectivity index (χ1) is 13.2. The Morgan fingerprint density at radius 1 is 0.926 bits per heavy atom. The Bertz CT molecular complexity index is 936. The first kappa shape index (κ1) is 17.7. The van der Waals surface area contributed by atoms with Crippen LogP contribution >= 0.6 is 0 Å². The Balaban J connectivity index is 1.67. The molecular weight excluding hydrogens is 336 g/mol. The molecule has 0 atom stereocenters. The Kier molecular flexibility index (Phi) is 4.88. The van der Waals surface area contributed by atoms with Gasteiger partial charge < -0.3 is 10.1 Å². The van der Waals surface area contributed by atoms with Crippen LogP contribution in [-0.4, -0.2) is 14.7 Å². The van der Waals surface area contributed by atoms with E-state index in [1.54, 1.807) is 0 Å². The van der Waals surface area contributed by atoms with E-state index in [9.17, 15) is 9.90 Å². The Hall–Kier alpha value is -2.75. The zero-order valence-electron chi connectivity index (χ0n) is 15.5. The minimum absolute atomic E-state index is 0.0738. The topological polar surface area (TPSA) is 58.0 Å². The fourth-order valence-electron chi connectivity index (χ4n) is 4.44. The van der Waals surface area contributed by atoms with Crippen molar-refractivity contribution in [1.29, 1.82) is 0 Å². The molecule has 3 aromatic rings. The van der Waals surface area contributed by atoms with Gasteiger partial charge in [-0.2, -0.15) is 0 Å². The molecule has 0 amide bonds. The molecule has 0 unspecified atom stereocenters. The van der Waals surface area contributed by atoms with E-state index in [1.807, 2.05) is 36.4 Å². The van der Waals surface area contributed by atoms with Crippen molar-refractivity contribution in [1.82, 2.24) is 9.55 Å². The molecule has 0 aliphatic heterocycles. The summed E-state index contributed by atoms with van der Waals surface area (Å²) in [6.45, 7) is 0.521. The van der Waals surface area contributed by atoms with Gasteiger partial charge in [0, 0.05) is 18.4 Å². The van der Waals surface area contributed by atoms with Gasteiger partial charge in [-0.1, -0.05) is 79.9 Å². The van der Waals surface area contributed by atoms with Gasteiger partial charge in [0.2, 0.25) is 5.88 Å². The van der Waals surface area contributed by atoms with Gasteiger partial charge in [0.25, 0.3) is 0 Å². The second-order valence-electron chi connectivity index (χ2n) is 7.69. The van der Waals surface area contributed by atoms with Crippen molar-refractivity contribution in [2.75, 3.05) is 0 Å².